The van der Waals surface area contributed by atoms with Crippen molar-refractivity contribution in [3.63, 3.8) is 0 Å². The van der Waals surface area contributed by atoms with Gasteiger partial charge in [0, 0.05) is 23.1 Å². The Morgan fingerprint density at radius 1 is 1.19 bits per heavy atom. The Bertz CT molecular complexity index is 1170. The number of alkyl halides is 5. The van der Waals surface area contributed by atoms with Crippen LogP contribution in [0.1, 0.15) is 35.1 Å². The number of hydrogen-bond acceptors (Lipinski definition) is 5. The van der Waals surface area contributed by atoms with Gasteiger partial charge in [-0.3, -0.25) is 4.98 Å². The summed E-state index contributed by atoms with van der Waals surface area (Å²) in [6.45, 7) is 1.75. The monoisotopic (exact) mass is 467 g/mol. The summed E-state index contributed by atoms with van der Waals surface area (Å²) in [5.74, 6) is -4.01. The van der Waals surface area contributed by atoms with Gasteiger partial charge in [0.2, 0.25) is 0 Å². The summed E-state index contributed by atoms with van der Waals surface area (Å²) in [5.41, 5.74) is 1.09. The minimum Gasteiger partial charge on any atom is -0.365 e. The summed E-state index contributed by atoms with van der Waals surface area (Å²) in [5, 5.41) is 6.78. The molecule has 0 bridgehead atoms. The van der Waals surface area contributed by atoms with Gasteiger partial charge in [-0.15, -0.1) is 0 Å². The summed E-state index contributed by atoms with van der Waals surface area (Å²) in [4.78, 5) is 12.4. The summed E-state index contributed by atoms with van der Waals surface area (Å²) >= 11 is 0. The fourth-order valence-corrected chi connectivity index (χ4v) is 6.18. The Kier molecular flexibility index (Phi) is 5.45. The summed E-state index contributed by atoms with van der Waals surface area (Å²) < 4.78 is 68.2. The molecule has 0 radical (unpaired) electrons. The van der Waals surface area contributed by atoms with Crippen molar-refractivity contribution in [1.29, 1.82) is 0 Å². The van der Waals surface area contributed by atoms with Gasteiger partial charge >= 0.3 is 5.92 Å². The number of nitrogens with zero attached hydrogens (tertiary/aromatic N) is 3. The number of nitrogens with one attached hydrogen (secondary N) is 2. The molecular weight excluding hydrogens is 448 g/mol. The van der Waals surface area contributed by atoms with Gasteiger partial charge in [0.25, 0.3) is 6.43 Å². The lowest BCUT2D eigenvalue weighted by Gasteiger charge is -2.35. The Balaban J connectivity index is 1.50. The van der Waals surface area contributed by atoms with E-state index < -0.39 is 32.3 Å². The average Bonchev–Trinajstić information content (AvgIpc) is 2.82. The molecule has 1 aromatic carbocycles. The summed E-state index contributed by atoms with van der Waals surface area (Å²) in [7, 11) is -0.481. The van der Waals surface area contributed by atoms with Crippen molar-refractivity contribution in [2.75, 3.05) is 30.7 Å². The van der Waals surface area contributed by atoms with Crippen LogP contribution in [-0.2, 0) is 12.5 Å². The van der Waals surface area contributed by atoms with E-state index in [4.69, 9.17) is 0 Å². The van der Waals surface area contributed by atoms with E-state index in [1.807, 2.05) is 6.07 Å². The highest BCUT2D eigenvalue weighted by molar-refractivity contribution is 7.65. The van der Waals surface area contributed by atoms with Crippen LogP contribution >= 0.6 is 7.92 Å². The van der Waals surface area contributed by atoms with E-state index in [-0.39, 0.29) is 29.0 Å². The highest BCUT2D eigenvalue weighted by Gasteiger charge is 2.55. The number of hydrogen-bond donors (Lipinski definition) is 2. The third kappa shape index (κ3) is 3.59. The molecule has 3 heterocycles. The van der Waals surface area contributed by atoms with Crippen molar-refractivity contribution in [3.05, 3.63) is 53.0 Å². The number of halogens is 5. The number of aromatic nitrogens is 3. The van der Waals surface area contributed by atoms with Crippen LogP contribution in [0.4, 0.5) is 27.8 Å². The molecule has 32 heavy (non-hydrogen) atoms. The zero-order chi connectivity index (χ0) is 22.5. The smallest absolute Gasteiger partial charge is 0.308 e. The second kappa shape index (κ2) is 8.15. The molecule has 11 heteroatoms. The Labute approximate surface area is 181 Å². The first-order chi connectivity index (χ1) is 15.4. The van der Waals surface area contributed by atoms with E-state index in [1.54, 1.807) is 0 Å². The zero-order valence-electron chi connectivity index (χ0n) is 16.8. The molecule has 2 aromatic heterocycles. The third-order valence-corrected chi connectivity index (χ3v) is 8.21. The van der Waals surface area contributed by atoms with Crippen LogP contribution in [0.5, 0.6) is 0 Å². The van der Waals surface area contributed by atoms with Gasteiger partial charge in [0.1, 0.15) is 5.82 Å². The first kappa shape index (κ1) is 21.4. The van der Waals surface area contributed by atoms with Gasteiger partial charge in [-0.1, -0.05) is 26.1 Å². The van der Waals surface area contributed by atoms with Gasteiger partial charge in [0.05, 0.1) is 17.1 Å². The minimum atomic E-state index is -3.51. The van der Waals surface area contributed by atoms with E-state index >= 15 is 0 Å². The lowest BCUT2D eigenvalue weighted by atomic mass is 9.79. The van der Waals surface area contributed by atoms with Crippen molar-refractivity contribution in [1.82, 2.24) is 20.3 Å². The lowest BCUT2D eigenvalue weighted by molar-refractivity contribution is -0.111. The maximum absolute atomic E-state index is 14.0. The number of anilines is 1. The predicted octanol–water partition coefficient (Wildman–Crippen LogP) is 4.40. The lowest BCUT2D eigenvalue weighted by Crippen LogP contribution is -2.34. The molecule has 0 spiro atoms. The van der Waals surface area contributed by atoms with E-state index in [2.05, 4.69) is 25.6 Å². The normalized spacial score (nSPS) is 20.2. The van der Waals surface area contributed by atoms with Gasteiger partial charge in [0.15, 0.2) is 12.0 Å². The molecule has 1 aliphatic carbocycles. The minimum absolute atomic E-state index is 0.0369. The van der Waals surface area contributed by atoms with Crippen molar-refractivity contribution in [2.45, 2.75) is 25.1 Å². The molecule has 0 amide bonds. The third-order valence-electron chi connectivity index (χ3n) is 5.79. The SMILES string of the molecule is FC(F)c1nc(NCc2cccc3c2C(F)C3(F)F)c2cc(P3CCNCC3)ncc2n1. The Morgan fingerprint density at radius 2 is 1.97 bits per heavy atom. The molecule has 3 aromatic rings. The second-order valence-corrected chi connectivity index (χ2v) is 10.2. The van der Waals surface area contributed by atoms with Crippen LogP contribution in [0.3, 0.4) is 0 Å². The van der Waals surface area contributed by atoms with Crippen LogP contribution in [0.2, 0.25) is 0 Å². The zero-order valence-corrected chi connectivity index (χ0v) is 17.7. The maximum atomic E-state index is 14.0. The van der Waals surface area contributed by atoms with Crippen LogP contribution in [0, 0.1) is 0 Å². The molecule has 2 aliphatic rings. The molecular formula is C21H19F5N5P. The topological polar surface area (TPSA) is 62.7 Å². The second-order valence-electron chi connectivity index (χ2n) is 7.75. The Morgan fingerprint density at radius 3 is 2.72 bits per heavy atom. The van der Waals surface area contributed by atoms with Gasteiger partial charge in [-0.05, 0) is 37.0 Å². The van der Waals surface area contributed by atoms with E-state index in [0.29, 0.717) is 10.9 Å². The molecule has 0 saturated carbocycles. The summed E-state index contributed by atoms with van der Waals surface area (Å²) in [6, 6.07) is 5.98. The molecule has 2 N–H and O–H groups in total. The molecule has 1 atom stereocenters. The maximum Gasteiger partial charge on any atom is 0.308 e. The van der Waals surface area contributed by atoms with Gasteiger partial charge in [-0.25, -0.2) is 23.1 Å². The van der Waals surface area contributed by atoms with E-state index in [9.17, 15) is 22.0 Å². The Hall–Kier alpha value is -2.45. The molecule has 168 valence electrons. The van der Waals surface area contributed by atoms with Crippen molar-refractivity contribution >= 4 is 30.1 Å². The number of pyridine rings is 1. The first-order valence-corrected chi connectivity index (χ1v) is 11.9. The highest BCUT2D eigenvalue weighted by Crippen LogP contribution is 2.56. The average molecular weight is 467 g/mol. The molecule has 1 aliphatic heterocycles. The fourth-order valence-electron chi connectivity index (χ4n) is 4.11. The molecule has 5 rings (SSSR count). The predicted molar refractivity (Wildman–Crippen MR) is 113 cm³/mol. The standard InChI is InChI=1S/C21H19F5N5P/c22-17-16-11(2-1-3-13(16)21(17,25)26)9-29-19-12-8-15(32-6-4-27-5-7-32)28-10-14(12)30-20(31-19)18(23)24/h1-3,8,10,17-18,27H,4-7,9H2,(H,29,30,31). The van der Waals surface area contributed by atoms with E-state index in [1.165, 1.54) is 24.4 Å². The van der Waals surface area contributed by atoms with Crippen LogP contribution in [0.25, 0.3) is 10.9 Å². The van der Waals surface area contributed by atoms with Crippen molar-refractivity contribution in [3.8, 4) is 0 Å². The summed E-state index contributed by atoms with van der Waals surface area (Å²) in [6.07, 6.45) is -1.86. The highest BCUT2D eigenvalue weighted by atomic mass is 31.1. The molecule has 1 saturated heterocycles. The first-order valence-electron chi connectivity index (χ1n) is 10.2. The number of rotatable bonds is 5. The van der Waals surface area contributed by atoms with E-state index in [0.717, 1.165) is 30.8 Å². The van der Waals surface area contributed by atoms with Crippen molar-refractivity contribution < 1.29 is 22.0 Å². The van der Waals surface area contributed by atoms with Crippen LogP contribution < -0.4 is 16.1 Å². The largest absolute Gasteiger partial charge is 0.365 e. The van der Waals surface area contributed by atoms with Gasteiger partial charge < -0.3 is 10.6 Å². The molecule has 1 fully saturated rings. The number of benzene rings is 1. The molecule has 1 unspecified atom stereocenters. The fraction of sp³-hybridized carbons (Fsp3) is 0.381. The van der Waals surface area contributed by atoms with Crippen LogP contribution in [-0.4, -0.2) is 40.4 Å². The number of fused-ring (bicyclic) bond motifs is 2. The van der Waals surface area contributed by atoms with Crippen molar-refractivity contribution in [2.24, 2.45) is 0 Å². The van der Waals surface area contributed by atoms with Gasteiger partial charge in [-0.2, -0.15) is 8.78 Å². The van der Waals surface area contributed by atoms with Crippen LogP contribution in [0.15, 0.2) is 30.5 Å². The quantitative estimate of drug-likeness (QED) is 0.430. The molecule has 5 nitrogen and oxygen atoms in total.